The van der Waals surface area contributed by atoms with Gasteiger partial charge in [-0.3, -0.25) is 0 Å². The van der Waals surface area contributed by atoms with Gasteiger partial charge in [-0.15, -0.1) is 0 Å². The first-order valence-electron chi connectivity index (χ1n) is 7.28. The first-order valence-corrected chi connectivity index (χ1v) is 7.28. The van der Waals surface area contributed by atoms with Gasteiger partial charge in [-0.2, -0.15) is 0 Å². The maximum atomic E-state index is 3.62. The Hall–Kier alpha value is -0.980. The lowest BCUT2D eigenvalue weighted by molar-refractivity contribution is 0.357. The summed E-state index contributed by atoms with van der Waals surface area (Å²) >= 11 is 0. The van der Waals surface area contributed by atoms with Gasteiger partial charge < -0.3 is 5.32 Å². The lowest BCUT2D eigenvalue weighted by atomic mass is 9.83. The van der Waals surface area contributed by atoms with Gasteiger partial charge in [0.05, 0.1) is 0 Å². The van der Waals surface area contributed by atoms with Crippen LogP contribution < -0.4 is 5.32 Å². The van der Waals surface area contributed by atoms with Crippen molar-refractivity contribution in [3.05, 3.63) is 29.3 Å². The van der Waals surface area contributed by atoms with Crippen molar-refractivity contribution in [3.8, 4) is 0 Å². The van der Waals surface area contributed by atoms with Crippen LogP contribution in [0.3, 0.4) is 0 Å². The van der Waals surface area contributed by atoms with Crippen molar-refractivity contribution in [2.45, 2.75) is 51.4 Å². The molecule has 0 radical (unpaired) electrons. The molecule has 1 heteroatoms. The van der Waals surface area contributed by atoms with Crippen LogP contribution in [0, 0.1) is 5.92 Å². The van der Waals surface area contributed by atoms with Crippen LogP contribution in [0.2, 0.25) is 0 Å². The van der Waals surface area contributed by atoms with Crippen molar-refractivity contribution in [2.24, 2.45) is 5.92 Å². The van der Waals surface area contributed by atoms with Crippen molar-refractivity contribution in [1.82, 2.24) is 0 Å². The maximum absolute atomic E-state index is 3.62. The number of rotatable bonds is 2. The standard InChI is InChI=1S/C16H23N/c1-2-6-13(7-3-1)12-15-9-4-8-14-10-5-11-17-16(14)15/h4,8-9,13,17H,1-3,5-7,10-12H2. The minimum atomic E-state index is 0.943. The van der Waals surface area contributed by atoms with E-state index in [4.69, 9.17) is 0 Å². The molecule has 0 atom stereocenters. The molecule has 1 aromatic rings. The summed E-state index contributed by atoms with van der Waals surface area (Å²) in [5.41, 5.74) is 4.60. The predicted octanol–water partition coefficient (Wildman–Crippen LogP) is 4.17. The molecule has 0 unspecified atom stereocenters. The number of nitrogens with one attached hydrogen (secondary N) is 1. The third-order valence-corrected chi connectivity index (χ3v) is 4.40. The average molecular weight is 229 g/mol. The molecule has 0 saturated heterocycles. The van der Waals surface area contributed by atoms with Gasteiger partial charge in [-0.05, 0) is 36.3 Å². The predicted molar refractivity (Wildman–Crippen MR) is 73.5 cm³/mol. The number of para-hydroxylation sites is 1. The molecule has 0 amide bonds. The van der Waals surface area contributed by atoms with Gasteiger partial charge in [0, 0.05) is 12.2 Å². The highest BCUT2D eigenvalue weighted by molar-refractivity contribution is 5.59. The third-order valence-electron chi connectivity index (χ3n) is 4.40. The van der Waals surface area contributed by atoms with Gasteiger partial charge in [0.15, 0.2) is 0 Å². The smallest absolute Gasteiger partial charge is 0.0405 e. The van der Waals surface area contributed by atoms with E-state index in [1.54, 1.807) is 11.1 Å². The summed E-state index contributed by atoms with van der Waals surface area (Å²) in [6.07, 6.45) is 11.1. The molecule has 1 nitrogen and oxygen atoms in total. The molecule has 2 aliphatic rings. The first kappa shape index (κ1) is 11.1. The second-order valence-electron chi connectivity index (χ2n) is 5.69. The van der Waals surface area contributed by atoms with Gasteiger partial charge in [0.1, 0.15) is 0 Å². The molecule has 1 heterocycles. The highest BCUT2D eigenvalue weighted by atomic mass is 14.9. The zero-order chi connectivity index (χ0) is 11.5. The first-order chi connectivity index (χ1) is 8.43. The molecule has 1 aliphatic heterocycles. The van der Waals surface area contributed by atoms with Gasteiger partial charge in [0.2, 0.25) is 0 Å². The Kier molecular flexibility index (Phi) is 3.35. The highest BCUT2D eigenvalue weighted by Gasteiger charge is 2.18. The summed E-state index contributed by atoms with van der Waals surface area (Å²) < 4.78 is 0. The molecule has 0 bridgehead atoms. The van der Waals surface area contributed by atoms with Crippen molar-refractivity contribution < 1.29 is 0 Å². The van der Waals surface area contributed by atoms with Crippen LogP contribution in [0.5, 0.6) is 0 Å². The summed E-state index contributed by atoms with van der Waals surface area (Å²) in [7, 11) is 0. The zero-order valence-corrected chi connectivity index (χ0v) is 10.7. The molecule has 1 fully saturated rings. The topological polar surface area (TPSA) is 12.0 Å². The number of anilines is 1. The van der Waals surface area contributed by atoms with Crippen LogP contribution in [0.1, 0.15) is 49.7 Å². The molecule has 1 saturated carbocycles. The molecule has 92 valence electrons. The van der Waals surface area contributed by atoms with E-state index in [2.05, 4.69) is 23.5 Å². The van der Waals surface area contributed by atoms with E-state index >= 15 is 0 Å². The molecule has 0 spiro atoms. The fourth-order valence-corrected chi connectivity index (χ4v) is 3.45. The Labute approximate surface area is 105 Å². The molecule has 1 N–H and O–H groups in total. The SMILES string of the molecule is c1cc2c(c(CC3CCCCC3)c1)NCCC2. The molecule has 0 aromatic heterocycles. The normalized spacial score (nSPS) is 20.7. The second kappa shape index (κ2) is 5.12. The lowest BCUT2D eigenvalue weighted by Gasteiger charge is -2.26. The monoisotopic (exact) mass is 229 g/mol. The van der Waals surface area contributed by atoms with Crippen LogP contribution in [0.25, 0.3) is 0 Å². The van der Waals surface area contributed by atoms with Gasteiger partial charge in [0.25, 0.3) is 0 Å². The van der Waals surface area contributed by atoms with Gasteiger partial charge >= 0.3 is 0 Å². The van der Waals surface area contributed by atoms with E-state index in [1.165, 1.54) is 57.1 Å². The minimum absolute atomic E-state index is 0.943. The second-order valence-corrected chi connectivity index (χ2v) is 5.69. The Balaban J connectivity index is 1.77. The number of aryl methyl sites for hydroxylation is 1. The number of hydrogen-bond acceptors (Lipinski definition) is 1. The van der Waals surface area contributed by atoms with Crippen molar-refractivity contribution in [1.29, 1.82) is 0 Å². The Morgan fingerprint density at radius 3 is 2.82 bits per heavy atom. The van der Waals surface area contributed by atoms with Crippen LogP contribution in [-0.4, -0.2) is 6.54 Å². The minimum Gasteiger partial charge on any atom is -0.385 e. The molecule has 3 rings (SSSR count). The van der Waals surface area contributed by atoms with Crippen molar-refractivity contribution in [2.75, 3.05) is 11.9 Å². The summed E-state index contributed by atoms with van der Waals surface area (Å²) in [6, 6.07) is 6.89. The summed E-state index contributed by atoms with van der Waals surface area (Å²) in [5.74, 6) is 0.943. The number of hydrogen-bond donors (Lipinski definition) is 1. The fourth-order valence-electron chi connectivity index (χ4n) is 3.45. The summed E-state index contributed by atoms with van der Waals surface area (Å²) in [4.78, 5) is 0. The number of benzene rings is 1. The van der Waals surface area contributed by atoms with E-state index in [0.29, 0.717) is 0 Å². The molecule has 17 heavy (non-hydrogen) atoms. The Morgan fingerprint density at radius 2 is 1.94 bits per heavy atom. The van der Waals surface area contributed by atoms with Crippen LogP contribution in [0.4, 0.5) is 5.69 Å². The Bertz CT molecular complexity index is 377. The molecule has 1 aliphatic carbocycles. The molecular formula is C16H23N. The molecule has 1 aromatic carbocycles. The Morgan fingerprint density at radius 1 is 1.06 bits per heavy atom. The van der Waals surface area contributed by atoms with Crippen molar-refractivity contribution >= 4 is 5.69 Å². The van der Waals surface area contributed by atoms with E-state index in [0.717, 1.165) is 12.5 Å². The molecular weight excluding hydrogens is 206 g/mol. The summed E-state index contributed by atoms with van der Waals surface area (Å²) in [5, 5.41) is 3.62. The summed E-state index contributed by atoms with van der Waals surface area (Å²) in [6.45, 7) is 1.16. The van der Waals surface area contributed by atoms with Crippen LogP contribution >= 0.6 is 0 Å². The van der Waals surface area contributed by atoms with E-state index in [-0.39, 0.29) is 0 Å². The largest absolute Gasteiger partial charge is 0.385 e. The van der Waals surface area contributed by atoms with Crippen LogP contribution in [0.15, 0.2) is 18.2 Å². The third kappa shape index (κ3) is 2.48. The van der Waals surface area contributed by atoms with E-state index < -0.39 is 0 Å². The lowest BCUT2D eigenvalue weighted by Crippen LogP contribution is -2.16. The van der Waals surface area contributed by atoms with E-state index in [9.17, 15) is 0 Å². The van der Waals surface area contributed by atoms with Gasteiger partial charge in [-0.25, -0.2) is 0 Å². The van der Waals surface area contributed by atoms with Gasteiger partial charge in [-0.1, -0.05) is 50.3 Å². The zero-order valence-electron chi connectivity index (χ0n) is 10.7. The number of fused-ring (bicyclic) bond motifs is 1. The highest BCUT2D eigenvalue weighted by Crippen LogP contribution is 2.32. The van der Waals surface area contributed by atoms with Crippen LogP contribution in [-0.2, 0) is 12.8 Å². The average Bonchev–Trinajstić information content (AvgIpc) is 2.40. The van der Waals surface area contributed by atoms with Crippen molar-refractivity contribution in [3.63, 3.8) is 0 Å². The maximum Gasteiger partial charge on any atom is 0.0405 e. The van der Waals surface area contributed by atoms with E-state index in [1.807, 2.05) is 0 Å². The quantitative estimate of drug-likeness (QED) is 0.802. The fraction of sp³-hybridized carbons (Fsp3) is 0.625.